The average Bonchev–Trinajstić information content (AvgIpc) is 2.47. The standard InChI is InChI=1S/C13H20N4O/c18-10-11-2-3-12-9-17(7-6-16(12)8-11)13-14-4-1-5-15-13/h1,4-5,11-12,18H,2-3,6-10H2. The topological polar surface area (TPSA) is 52.5 Å². The molecule has 0 bridgehead atoms. The molecule has 2 fully saturated rings. The molecule has 5 heteroatoms. The van der Waals surface area contributed by atoms with Crippen molar-refractivity contribution in [3.05, 3.63) is 18.5 Å². The van der Waals surface area contributed by atoms with Crippen LogP contribution in [0.1, 0.15) is 12.8 Å². The van der Waals surface area contributed by atoms with Crippen LogP contribution >= 0.6 is 0 Å². The maximum Gasteiger partial charge on any atom is 0.225 e. The van der Waals surface area contributed by atoms with Crippen LogP contribution in [0.25, 0.3) is 0 Å². The number of aromatic nitrogens is 2. The van der Waals surface area contributed by atoms with Crippen LogP contribution < -0.4 is 4.90 Å². The third-order valence-electron chi connectivity index (χ3n) is 4.10. The van der Waals surface area contributed by atoms with Crippen LogP contribution in [0.5, 0.6) is 0 Å². The zero-order valence-corrected chi connectivity index (χ0v) is 10.6. The number of rotatable bonds is 2. The summed E-state index contributed by atoms with van der Waals surface area (Å²) < 4.78 is 0. The lowest BCUT2D eigenvalue weighted by Crippen LogP contribution is -2.57. The fourth-order valence-corrected chi connectivity index (χ4v) is 3.04. The molecule has 0 aliphatic carbocycles. The summed E-state index contributed by atoms with van der Waals surface area (Å²) in [5.41, 5.74) is 0. The lowest BCUT2D eigenvalue weighted by molar-refractivity contribution is 0.0670. The number of hydrogen-bond donors (Lipinski definition) is 1. The van der Waals surface area contributed by atoms with Gasteiger partial charge in [-0.15, -0.1) is 0 Å². The molecule has 18 heavy (non-hydrogen) atoms. The molecule has 0 aromatic carbocycles. The number of piperidine rings is 1. The van der Waals surface area contributed by atoms with Crippen molar-refractivity contribution >= 4 is 5.95 Å². The van der Waals surface area contributed by atoms with Gasteiger partial charge in [0.15, 0.2) is 0 Å². The number of fused-ring (bicyclic) bond motifs is 1. The maximum absolute atomic E-state index is 9.25. The Hall–Kier alpha value is -1.20. The zero-order valence-electron chi connectivity index (χ0n) is 10.6. The molecule has 0 saturated carbocycles. The summed E-state index contributed by atoms with van der Waals surface area (Å²) in [6.45, 7) is 4.43. The van der Waals surface area contributed by atoms with Crippen LogP contribution in [0.15, 0.2) is 18.5 Å². The van der Waals surface area contributed by atoms with E-state index < -0.39 is 0 Å². The Balaban J connectivity index is 1.65. The van der Waals surface area contributed by atoms with Crippen molar-refractivity contribution in [2.75, 3.05) is 37.7 Å². The van der Waals surface area contributed by atoms with Gasteiger partial charge in [-0.05, 0) is 24.8 Å². The molecule has 5 nitrogen and oxygen atoms in total. The molecule has 0 amide bonds. The van der Waals surface area contributed by atoms with Crippen molar-refractivity contribution in [2.24, 2.45) is 5.92 Å². The molecular weight excluding hydrogens is 228 g/mol. The van der Waals surface area contributed by atoms with Gasteiger partial charge in [0, 0.05) is 51.2 Å². The number of piperazine rings is 1. The second-order valence-corrected chi connectivity index (χ2v) is 5.27. The van der Waals surface area contributed by atoms with Gasteiger partial charge >= 0.3 is 0 Å². The van der Waals surface area contributed by atoms with E-state index in [1.807, 2.05) is 6.07 Å². The molecule has 0 spiro atoms. The monoisotopic (exact) mass is 248 g/mol. The third-order valence-corrected chi connectivity index (χ3v) is 4.10. The Morgan fingerprint density at radius 2 is 2.00 bits per heavy atom. The average molecular weight is 248 g/mol. The molecule has 2 atom stereocenters. The van der Waals surface area contributed by atoms with E-state index in [-0.39, 0.29) is 0 Å². The summed E-state index contributed by atoms with van der Waals surface area (Å²) in [5, 5.41) is 9.25. The minimum atomic E-state index is 0.328. The highest BCUT2D eigenvalue weighted by Crippen LogP contribution is 2.25. The second kappa shape index (κ2) is 5.20. The first-order valence-electron chi connectivity index (χ1n) is 6.73. The highest BCUT2D eigenvalue weighted by Gasteiger charge is 2.33. The number of nitrogens with zero attached hydrogens (tertiary/aromatic N) is 4. The van der Waals surface area contributed by atoms with Gasteiger partial charge in [0.25, 0.3) is 0 Å². The van der Waals surface area contributed by atoms with Crippen LogP contribution in [0.2, 0.25) is 0 Å². The molecule has 3 heterocycles. The van der Waals surface area contributed by atoms with Crippen LogP contribution in [-0.4, -0.2) is 58.8 Å². The molecule has 2 unspecified atom stereocenters. The largest absolute Gasteiger partial charge is 0.396 e. The molecule has 2 saturated heterocycles. The molecule has 0 radical (unpaired) electrons. The van der Waals surface area contributed by atoms with Gasteiger partial charge in [0.2, 0.25) is 5.95 Å². The Labute approximate surface area is 107 Å². The fourth-order valence-electron chi connectivity index (χ4n) is 3.04. The lowest BCUT2D eigenvalue weighted by atomic mass is 9.92. The minimum Gasteiger partial charge on any atom is -0.396 e. The van der Waals surface area contributed by atoms with E-state index >= 15 is 0 Å². The first-order chi connectivity index (χ1) is 8.86. The van der Waals surface area contributed by atoms with E-state index in [9.17, 15) is 5.11 Å². The molecule has 1 aromatic rings. The number of anilines is 1. The first kappa shape index (κ1) is 11.9. The number of aliphatic hydroxyl groups excluding tert-OH is 1. The van der Waals surface area contributed by atoms with Gasteiger partial charge in [-0.1, -0.05) is 0 Å². The predicted molar refractivity (Wildman–Crippen MR) is 69.4 cm³/mol. The van der Waals surface area contributed by atoms with Crippen molar-refractivity contribution in [3.8, 4) is 0 Å². The van der Waals surface area contributed by atoms with Crippen molar-refractivity contribution in [2.45, 2.75) is 18.9 Å². The number of aliphatic hydroxyl groups is 1. The predicted octanol–water partition coefficient (Wildman–Crippen LogP) is 0.369. The van der Waals surface area contributed by atoms with Gasteiger partial charge in [-0.25, -0.2) is 9.97 Å². The van der Waals surface area contributed by atoms with E-state index in [2.05, 4.69) is 19.8 Å². The van der Waals surface area contributed by atoms with Crippen molar-refractivity contribution in [1.29, 1.82) is 0 Å². The van der Waals surface area contributed by atoms with Gasteiger partial charge < -0.3 is 10.0 Å². The summed E-state index contributed by atoms with van der Waals surface area (Å²) >= 11 is 0. The second-order valence-electron chi connectivity index (χ2n) is 5.27. The maximum atomic E-state index is 9.25. The Morgan fingerprint density at radius 1 is 1.17 bits per heavy atom. The van der Waals surface area contributed by atoms with Crippen molar-refractivity contribution < 1.29 is 5.11 Å². The Kier molecular flexibility index (Phi) is 3.43. The van der Waals surface area contributed by atoms with Crippen molar-refractivity contribution in [1.82, 2.24) is 14.9 Å². The summed E-state index contributed by atoms with van der Waals surface area (Å²) in [6, 6.07) is 2.46. The van der Waals surface area contributed by atoms with Crippen LogP contribution in [-0.2, 0) is 0 Å². The molecule has 2 aliphatic rings. The third kappa shape index (κ3) is 2.33. The minimum absolute atomic E-state index is 0.328. The summed E-state index contributed by atoms with van der Waals surface area (Å²) in [4.78, 5) is 13.5. The first-order valence-corrected chi connectivity index (χ1v) is 6.73. The summed E-state index contributed by atoms with van der Waals surface area (Å²) in [7, 11) is 0. The molecule has 3 rings (SSSR count). The Morgan fingerprint density at radius 3 is 2.78 bits per heavy atom. The highest BCUT2D eigenvalue weighted by atomic mass is 16.3. The van der Waals surface area contributed by atoms with Crippen LogP contribution in [0, 0.1) is 5.92 Å². The van der Waals surface area contributed by atoms with Gasteiger partial charge in [0.05, 0.1) is 0 Å². The van der Waals surface area contributed by atoms with E-state index in [1.54, 1.807) is 12.4 Å². The smallest absolute Gasteiger partial charge is 0.225 e. The highest BCUT2D eigenvalue weighted by molar-refractivity contribution is 5.30. The number of hydrogen-bond acceptors (Lipinski definition) is 5. The molecule has 1 N–H and O–H groups in total. The SMILES string of the molecule is OCC1CCC2CN(c3ncccn3)CCN2C1. The zero-order chi connectivity index (χ0) is 12.4. The van der Waals surface area contributed by atoms with Gasteiger partial charge in [-0.2, -0.15) is 0 Å². The van der Waals surface area contributed by atoms with E-state index in [4.69, 9.17) is 0 Å². The summed E-state index contributed by atoms with van der Waals surface area (Å²) in [5.74, 6) is 1.32. The summed E-state index contributed by atoms with van der Waals surface area (Å²) in [6.07, 6.45) is 5.92. The van der Waals surface area contributed by atoms with E-state index in [0.29, 0.717) is 18.6 Å². The van der Waals surface area contributed by atoms with Gasteiger partial charge in [-0.3, -0.25) is 4.90 Å². The lowest BCUT2D eigenvalue weighted by Gasteiger charge is -2.46. The molecule has 1 aromatic heterocycles. The van der Waals surface area contributed by atoms with E-state index in [0.717, 1.165) is 38.5 Å². The van der Waals surface area contributed by atoms with Gasteiger partial charge in [0.1, 0.15) is 0 Å². The normalized spacial score (nSPS) is 29.1. The molecule has 2 aliphatic heterocycles. The quantitative estimate of drug-likeness (QED) is 0.819. The molecular formula is C13H20N4O. The Bertz CT molecular complexity index is 386. The van der Waals surface area contributed by atoms with Crippen LogP contribution in [0.4, 0.5) is 5.95 Å². The van der Waals surface area contributed by atoms with E-state index in [1.165, 1.54) is 6.42 Å². The van der Waals surface area contributed by atoms with Crippen molar-refractivity contribution in [3.63, 3.8) is 0 Å². The molecule has 98 valence electrons. The van der Waals surface area contributed by atoms with Crippen LogP contribution in [0.3, 0.4) is 0 Å². The fraction of sp³-hybridized carbons (Fsp3) is 0.692.